The molecule has 0 spiro atoms. The Morgan fingerprint density at radius 3 is 2.33 bits per heavy atom. The molecule has 33 heavy (non-hydrogen) atoms. The van der Waals surface area contributed by atoms with Crippen LogP contribution in [0.2, 0.25) is 0 Å². The van der Waals surface area contributed by atoms with Gasteiger partial charge in [-0.25, -0.2) is 13.4 Å². The molecule has 0 atom stereocenters. The second-order valence-electron chi connectivity index (χ2n) is 7.90. The number of hydrogen-bond donors (Lipinski definition) is 1. The molecule has 1 fully saturated rings. The number of ether oxygens (including phenoxy) is 1. The van der Waals surface area contributed by atoms with Crippen LogP contribution in [-0.4, -0.2) is 51.1 Å². The lowest BCUT2D eigenvalue weighted by molar-refractivity contribution is 0.0341. The van der Waals surface area contributed by atoms with E-state index in [4.69, 9.17) is 4.74 Å². The Morgan fingerprint density at radius 2 is 1.67 bits per heavy atom. The number of aromatic nitrogens is 1. The Labute approximate surface area is 196 Å². The summed E-state index contributed by atoms with van der Waals surface area (Å²) in [5.74, 6) is 0.637. The molecule has 1 aliphatic rings. The van der Waals surface area contributed by atoms with Crippen LogP contribution in [0.5, 0.6) is 0 Å². The molecule has 1 N–H and O–H groups in total. The van der Waals surface area contributed by atoms with Gasteiger partial charge in [-0.1, -0.05) is 42.5 Å². The largest absolute Gasteiger partial charge is 0.379 e. The van der Waals surface area contributed by atoms with Crippen LogP contribution in [0.3, 0.4) is 0 Å². The maximum absolute atomic E-state index is 13.1. The van der Waals surface area contributed by atoms with Crippen LogP contribution in [0.15, 0.2) is 77.8 Å². The van der Waals surface area contributed by atoms with Gasteiger partial charge in [0.05, 0.1) is 18.9 Å². The lowest BCUT2D eigenvalue weighted by atomic mass is 10.1. The molecule has 0 saturated carbocycles. The van der Waals surface area contributed by atoms with Crippen molar-refractivity contribution in [1.29, 1.82) is 0 Å². The lowest BCUT2D eigenvalue weighted by Crippen LogP contribution is -2.35. The number of benzene rings is 2. The molecule has 0 radical (unpaired) electrons. The summed E-state index contributed by atoms with van der Waals surface area (Å²) in [6.07, 6.45) is 1.42. The normalized spacial score (nSPS) is 14.7. The molecule has 0 unspecified atom stereocenters. The third-order valence-corrected chi connectivity index (χ3v) is 7.62. The highest BCUT2D eigenvalue weighted by atomic mass is 32.2. The van der Waals surface area contributed by atoms with Crippen molar-refractivity contribution in [3.63, 3.8) is 0 Å². The van der Waals surface area contributed by atoms with Gasteiger partial charge < -0.3 is 10.1 Å². The van der Waals surface area contributed by atoms with Crippen LogP contribution in [0.25, 0.3) is 0 Å². The third kappa shape index (κ3) is 5.71. The minimum atomic E-state index is -3.68. The van der Waals surface area contributed by atoms with Crippen molar-refractivity contribution < 1.29 is 13.2 Å². The van der Waals surface area contributed by atoms with Gasteiger partial charge in [0.1, 0.15) is 10.7 Å². The second kappa shape index (κ2) is 10.8. The van der Waals surface area contributed by atoms with Gasteiger partial charge in [-0.2, -0.15) is 0 Å². The smallest absolute Gasteiger partial charge is 0.265 e. The highest BCUT2D eigenvalue weighted by Gasteiger charge is 2.23. The number of morpholine rings is 1. The summed E-state index contributed by atoms with van der Waals surface area (Å²) in [5, 5.41) is 3.33. The Balaban J connectivity index is 1.43. The molecule has 1 saturated heterocycles. The fourth-order valence-electron chi connectivity index (χ4n) is 3.92. The first kappa shape index (κ1) is 23.2. The topological polar surface area (TPSA) is 74.8 Å². The van der Waals surface area contributed by atoms with E-state index in [0.717, 1.165) is 32.8 Å². The van der Waals surface area contributed by atoms with E-state index in [0.29, 0.717) is 24.6 Å². The van der Waals surface area contributed by atoms with Crippen molar-refractivity contribution in [1.82, 2.24) is 9.88 Å². The fourth-order valence-corrected chi connectivity index (χ4v) is 5.34. The summed E-state index contributed by atoms with van der Waals surface area (Å²) in [4.78, 5) is 6.94. The van der Waals surface area contributed by atoms with Gasteiger partial charge in [0, 0.05) is 38.9 Å². The predicted octanol–water partition coefficient (Wildman–Crippen LogP) is 3.74. The van der Waals surface area contributed by atoms with Gasteiger partial charge in [0.2, 0.25) is 0 Å². The SMILES string of the molecule is CCN(c1ccccc1)S(=O)(=O)c1ccc(NCc2ccccc2CN2CCOCC2)nc1. The van der Waals surface area contributed by atoms with E-state index >= 15 is 0 Å². The maximum atomic E-state index is 13.1. The number of rotatable bonds is 9. The molecule has 1 aliphatic heterocycles. The molecule has 8 heteroatoms. The van der Waals surface area contributed by atoms with Crippen LogP contribution >= 0.6 is 0 Å². The highest BCUT2D eigenvalue weighted by molar-refractivity contribution is 7.92. The summed E-state index contributed by atoms with van der Waals surface area (Å²) in [7, 11) is -3.68. The van der Waals surface area contributed by atoms with E-state index in [2.05, 4.69) is 33.4 Å². The minimum Gasteiger partial charge on any atom is -0.379 e. The van der Waals surface area contributed by atoms with Crippen molar-refractivity contribution in [3.8, 4) is 0 Å². The van der Waals surface area contributed by atoms with E-state index in [9.17, 15) is 8.42 Å². The summed E-state index contributed by atoms with van der Waals surface area (Å²) < 4.78 is 33.1. The first-order valence-electron chi connectivity index (χ1n) is 11.2. The summed E-state index contributed by atoms with van der Waals surface area (Å²) in [6, 6.07) is 20.8. The highest BCUT2D eigenvalue weighted by Crippen LogP contribution is 2.23. The fraction of sp³-hybridized carbons (Fsp3) is 0.320. The van der Waals surface area contributed by atoms with Crippen LogP contribution < -0.4 is 9.62 Å². The first-order chi connectivity index (χ1) is 16.1. The van der Waals surface area contributed by atoms with Crippen LogP contribution in [0.4, 0.5) is 11.5 Å². The molecule has 1 aromatic heterocycles. The number of pyridine rings is 1. The van der Waals surface area contributed by atoms with Crippen LogP contribution in [0, 0.1) is 0 Å². The lowest BCUT2D eigenvalue weighted by Gasteiger charge is -2.27. The van der Waals surface area contributed by atoms with E-state index in [1.807, 2.05) is 31.2 Å². The number of nitrogens with one attached hydrogen (secondary N) is 1. The molecule has 0 aliphatic carbocycles. The molecule has 7 nitrogen and oxygen atoms in total. The standard InChI is InChI=1S/C25H30N4O3S/c1-2-29(23-10-4-3-5-11-23)33(30,31)24-12-13-25(27-19-24)26-18-21-8-6-7-9-22(21)20-28-14-16-32-17-15-28/h3-13,19H,2,14-18,20H2,1H3,(H,26,27). The van der Waals surface area contributed by atoms with Crippen molar-refractivity contribution in [2.45, 2.75) is 24.9 Å². The predicted molar refractivity (Wildman–Crippen MR) is 131 cm³/mol. The van der Waals surface area contributed by atoms with Crippen molar-refractivity contribution in [3.05, 3.63) is 84.1 Å². The molecule has 2 heterocycles. The Hall–Kier alpha value is -2.94. The molecule has 2 aromatic carbocycles. The van der Waals surface area contributed by atoms with Gasteiger partial charge in [0.25, 0.3) is 10.0 Å². The summed E-state index contributed by atoms with van der Waals surface area (Å²) in [5.41, 5.74) is 3.11. The molecule has 174 valence electrons. The first-order valence-corrected chi connectivity index (χ1v) is 12.7. The van der Waals surface area contributed by atoms with E-state index in [-0.39, 0.29) is 4.90 Å². The van der Waals surface area contributed by atoms with E-state index in [1.54, 1.807) is 24.3 Å². The average molecular weight is 467 g/mol. The van der Waals surface area contributed by atoms with Crippen molar-refractivity contribution in [2.24, 2.45) is 0 Å². The summed E-state index contributed by atoms with van der Waals surface area (Å²) in [6.45, 7) is 7.10. The third-order valence-electron chi connectivity index (χ3n) is 5.73. The Kier molecular flexibility index (Phi) is 7.59. The Morgan fingerprint density at radius 1 is 0.970 bits per heavy atom. The Bertz CT molecular complexity index is 1130. The van der Waals surface area contributed by atoms with Gasteiger partial charge in [0.15, 0.2) is 0 Å². The zero-order valence-corrected chi connectivity index (χ0v) is 19.7. The monoisotopic (exact) mass is 466 g/mol. The molecule has 0 bridgehead atoms. The van der Waals surface area contributed by atoms with Crippen LogP contribution in [0.1, 0.15) is 18.1 Å². The number of para-hydroxylation sites is 1. The quantitative estimate of drug-likeness (QED) is 0.518. The number of hydrogen-bond acceptors (Lipinski definition) is 6. The number of sulfonamides is 1. The van der Waals surface area contributed by atoms with Crippen molar-refractivity contribution in [2.75, 3.05) is 42.5 Å². The van der Waals surface area contributed by atoms with Crippen molar-refractivity contribution >= 4 is 21.5 Å². The van der Waals surface area contributed by atoms with E-state index < -0.39 is 10.0 Å². The zero-order valence-electron chi connectivity index (χ0n) is 18.9. The van der Waals surface area contributed by atoms with Gasteiger partial charge >= 0.3 is 0 Å². The van der Waals surface area contributed by atoms with E-state index in [1.165, 1.54) is 21.6 Å². The molecular formula is C25H30N4O3S. The number of anilines is 2. The number of nitrogens with zero attached hydrogens (tertiary/aromatic N) is 3. The average Bonchev–Trinajstić information content (AvgIpc) is 2.85. The molecule has 4 rings (SSSR count). The van der Waals surface area contributed by atoms with Gasteiger partial charge in [-0.3, -0.25) is 9.21 Å². The zero-order chi connectivity index (χ0) is 23.1. The summed E-state index contributed by atoms with van der Waals surface area (Å²) >= 11 is 0. The van der Waals surface area contributed by atoms with Gasteiger partial charge in [-0.15, -0.1) is 0 Å². The second-order valence-corrected chi connectivity index (χ2v) is 9.76. The van der Waals surface area contributed by atoms with Crippen LogP contribution in [-0.2, 0) is 27.8 Å². The minimum absolute atomic E-state index is 0.173. The van der Waals surface area contributed by atoms with Gasteiger partial charge in [-0.05, 0) is 42.3 Å². The molecule has 3 aromatic rings. The maximum Gasteiger partial charge on any atom is 0.265 e. The molecular weight excluding hydrogens is 436 g/mol. The molecule has 0 amide bonds.